The Kier molecular flexibility index (Phi) is 3.67. The predicted octanol–water partition coefficient (Wildman–Crippen LogP) is 2.35. The van der Waals surface area contributed by atoms with E-state index in [9.17, 15) is 4.79 Å². The summed E-state index contributed by atoms with van der Waals surface area (Å²) in [7, 11) is 0. The Hall–Kier alpha value is -2.30. The number of hydrogen-bond acceptors (Lipinski definition) is 3. The van der Waals surface area contributed by atoms with Crippen molar-refractivity contribution in [3.8, 4) is 11.3 Å². The highest BCUT2D eigenvalue weighted by atomic mass is 16.5. The Morgan fingerprint density at radius 3 is 2.85 bits per heavy atom. The normalized spacial score (nSPS) is 14.0. The van der Waals surface area contributed by atoms with Crippen LogP contribution < -0.4 is 10.6 Å². The molecule has 5 nitrogen and oxygen atoms in total. The van der Waals surface area contributed by atoms with Crippen LogP contribution in [-0.2, 0) is 6.42 Å². The lowest BCUT2D eigenvalue weighted by Crippen LogP contribution is -2.37. The van der Waals surface area contributed by atoms with Gasteiger partial charge < -0.3 is 15.2 Å². The smallest absolute Gasteiger partial charge is 0.315 e. The summed E-state index contributed by atoms with van der Waals surface area (Å²) in [5, 5.41) is 9.71. The molecule has 0 saturated heterocycles. The van der Waals surface area contributed by atoms with E-state index >= 15 is 0 Å². The molecule has 2 amide bonds. The first-order chi connectivity index (χ1) is 9.81. The zero-order chi connectivity index (χ0) is 13.8. The molecule has 0 radical (unpaired) electrons. The highest BCUT2D eigenvalue weighted by Gasteiger charge is 2.22. The quantitative estimate of drug-likeness (QED) is 0.877. The third-order valence-corrected chi connectivity index (χ3v) is 3.20. The van der Waals surface area contributed by atoms with Gasteiger partial charge in [-0.25, -0.2) is 4.79 Å². The van der Waals surface area contributed by atoms with Crippen LogP contribution in [0, 0.1) is 0 Å². The first-order valence-corrected chi connectivity index (χ1v) is 6.86. The zero-order valence-electron chi connectivity index (χ0n) is 11.1. The minimum absolute atomic E-state index is 0.0979. The van der Waals surface area contributed by atoms with E-state index in [1.54, 1.807) is 0 Å². The topological polar surface area (TPSA) is 67.2 Å². The van der Waals surface area contributed by atoms with Crippen LogP contribution in [0.2, 0.25) is 0 Å². The molecule has 5 heteroatoms. The minimum atomic E-state index is -0.0979. The number of hydrogen-bond donors (Lipinski definition) is 2. The fourth-order valence-corrected chi connectivity index (χ4v) is 1.94. The fourth-order valence-electron chi connectivity index (χ4n) is 1.94. The average Bonchev–Trinajstić information content (AvgIpc) is 3.15. The molecule has 1 aromatic carbocycles. The lowest BCUT2D eigenvalue weighted by atomic mass is 10.1. The Labute approximate surface area is 117 Å². The summed E-state index contributed by atoms with van der Waals surface area (Å²) >= 11 is 0. The third-order valence-electron chi connectivity index (χ3n) is 3.20. The summed E-state index contributed by atoms with van der Waals surface area (Å²) in [5.74, 6) is 0.753. The Morgan fingerprint density at radius 2 is 2.10 bits per heavy atom. The van der Waals surface area contributed by atoms with Gasteiger partial charge in [-0.3, -0.25) is 0 Å². The van der Waals surface area contributed by atoms with Crippen molar-refractivity contribution in [3.63, 3.8) is 0 Å². The summed E-state index contributed by atoms with van der Waals surface area (Å²) in [4.78, 5) is 11.4. The second-order valence-electron chi connectivity index (χ2n) is 4.97. The third kappa shape index (κ3) is 3.38. The molecule has 20 heavy (non-hydrogen) atoms. The number of benzene rings is 1. The second-order valence-corrected chi connectivity index (χ2v) is 4.97. The van der Waals surface area contributed by atoms with Gasteiger partial charge in [0.2, 0.25) is 0 Å². The monoisotopic (exact) mass is 271 g/mol. The van der Waals surface area contributed by atoms with Crippen molar-refractivity contribution >= 4 is 6.03 Å². The van der Waals surface area contributed by atoms with Crippen LogP contribution in [0.15, 0.2) is 40.9 Å². The van der Waals surface area contributed by atoms with Gasteiger partial charge in [0.25, 0.3) is 0 Å². The van der Waals surface area contributed by atoms with Crippen molar-refractivity contribution in [2.45, 2.75) is 25.3 Å². The van der Waals surface area contributed by atoms with Crippen molar-refractivity contribution in [2.75, 3.05) is 6.54 Å². The number of carbonyl (C=O) groups is 1. The molecule has 0 bridgehead atoms. The Morgan fingerprint density at radius 1 is 1.30 bits per heavy atom. The molecule has 2 aromatic rings. The molecule has 0 atom stereocenters. The van der Waals surface area contributed by atoms with Gasteiger partial charge >= 0.3 is 6.03 Å². The van der Waals surface area contributed by atoms with Gasteiger partial charge in [0.15, 0.2) is 5.76 Å². The van der Waals surface area contributed by atoms with Crippen LogP contribution in [0.1, 0.15) is 18.5 Å². The molecule has 2 N–H and O–H groups in total. The molecule has 1 aliphatic carbocycles. The zero-order valence-corrected chi connectivity index (χ0v) is 11.1. The SMILES string of the molecule is O=C(NCCc1cc(-c2ccccc2)on1)NC1CC1. The summed E-state index contributed by atoms with van der Waals surface area (Å²) in [5.41, 5.74) is 1.85. The number of urea groups is 1. The molecule has 1 aromatic heterocycles. The number of aromatic nitrogens is 1. The van der Waals surface area contributed by atoms with Crippen LogP contribution in [0.4, 0.5) is 4.79 Å². The van der Waals surface area contributed by atoms with Gasteiger partial charge in [-0.1, -0.05) is 35.5 Å². The number of rotatable bonds is 5. The number of carbonyl (C=O) groups excluding carboxylic acids is 1. The second kappa shape index (κ2) is 5.77. The predicted molar refractivity (Wildman–Crippen MR) is 75.2 cm³/mol. The maximum Gasteiger partial charge on any atom is 0.315 e. The summed E-state index contributed by atoms with van der Waals surface area (Å²) in [6, 6.07) is 12.0. The fraction of sp³-hybridized carbons (Fsp3) is 0.333. The van der Waals surface area contributed by atoms with E-state index in [2.05, 4.69) is 15.8 Å². The van der Waals surface area contributed by atoms with Crippen LogP contribution in [-0.4, -0.2) is 23.8 Å². The molecule has 1 saturated carbocycles. The molecular formula is C15H17N3O2. The van der Waals surface area contributed by atoms with E-state index < -0.39 is 0 Å². The number of nitrogens with zero attached hydrogens (tertiary/aromatic N) is 1. The van der Waals surface area contributed by atoms with E-state index in [0.29, 0.717) is 19.0 Å². The molecule has 3 rings (SSSR count). The van der Waals surface area contributed by atoms with Gasteiger partial charge in [-0.05, 0) is 12.8 Å². The van der Waals surface area contributed by atoms with Crippen molar-refractivity contribution in [3.05, 3.63) is 42.1 Å². The minimum Gasteiger partial charge on any atom is -0.356 e. The summed E-state index contributed by atoms with van der Waals surface area (Å²) in [6.45, 7) is 0.555. The van der Waals surface area contributed by atoms with Gasteiger partial charge in [-0.2, -0.15) is 0 Å². The largest absolute Gasteiger partial charge is 0.356 e. The summed E-state index contributed by atoms with van der Waals surface area (Å²) < 4.78 is 5.30. The first kappa shape index (κ1) is 12.7. The lowest BCUT2D eigenvalue weighted by molar-refractivity contribution is 0.240. The molecule has 1 heterocycles. The Bertz CT molecular complexity index is 576. The van der Waals surface area contributed by atoms with Crippen LogP contribution in [0.25, 0.3) is 11.3 Å². The maximum atomic E-state index is 11.4. The standard InChI is InChI=1S/C15H17N3O2/c19-15(17-12-6-7-12)16-9-8-13-10-14(20-18-13)11-4-2-1-3-5-11/h1-5,10,12H,6-9H2,(H2,16,17,19). The van der Waals surface area contributed by atoms with Gasteiger partial charge in [0.05, 0.1) is 5.69 Å². The van der Waals surface area contributed by atoms with Crippen LogP contribution in [0.3, 0.4) is 0 Å². The maximum absolute atomic E-state index is 11.4. The molecule has 0 aliphatic heterocycles. The van der Waals surface area contributed by atoms with Gasteiger partial charge in [-0.15, -0.1) is 0 Å². The first-order valence-electron chi connectivity index (χ1n) is 6.86. The number of amides is 2. The lowest BCUT2D eigenvalue weighted by Gasteiger charge is -2.04. The van der Waals surface area contributed by atoms with Gasteiger partial charge in [0.1, 0.15) is 0 Å². The number of nitrogens with one attached hydrogen (secondary N) is 2. The van der Waals surface area contributed by atoms with Crippen molar-refractivity contribution < 1.29 is 9.32 Å². The van der Waals surface area contributed by atoms with Crippen molar-refractivity contribution in [1.82, 2.24) is 15.8 Å². The van der Waals surface area contributed by atoms with E-state index in [1.165, 1.54) is 0 Å². The highest BCUT2D eigenvalue weighted by molar-refractivity contribution is 5.74. The molecule has 104 valence electrons. The molecular weight excluding hydrogens is 254 g/mol. The molecule has 0 unspecified atom stereocenters. The van der Waals surface area contributed by atoms with E-state index in [1.807, 2.05) is 36.4 Å². The van der Waals surface area contributed by atoms with E-state index in [-0.39, 0.29) is 6.03 Å². The molecule has 1 aliphatic rings. The average molecular weight is 271 g/mol. The van der Waals surface area contributed by atoms with E-state index in [4.69, 9.17) is 4.52 Å². The molecule has 0 spiro atoms. The van der Waals surface area contributed by atoms with Crippen LogP contribution >= 0.6 is 0 Å². The Balaban J connectivity index is 1.48. The van der Waals surface area contributed by atoms with Crippen molar-refractivity contribution in [2.24, 2.45) is 0 Å². The van der Waals surface area contributed by atoms with Crippen LogP contribution in [0.5, 0.6) is 0 Å². The van der Waals surface area contributed by atoms with Gasteiger partial charge in [0, 0.05) is 30.6 Å². The highest BCUT2D eigenvalue weighted by Crippen LogP contribution is 2.20. The van der Waals surface area contributed by atoms with Crippen molar-refractivity contribution in [1.29, 1.82) is 0 Å². The molecule has 1 fully saturated rings. The summed E-state index contributed by atoms with van der Waals surface area (Å²) in [6.07, 6.45) is 2.85. The van der Waals surface area contributed by atoms with E-state index in [0.717, 1.165) is 29.9 Å².